The van der Waals surface area contributed by atoms with Crippen LogP contribution in [0, 0.1) is 6.92 Å². The predicted molar refractivity (Wildman–Crippen MR) is 90.4 cm³/mol. The number of carbonyl (C=O) groups excluding carboxylic acids is 1. The molecule has 1 amide bonds. The van der Waals surface area contributed by atoms with Crippen molar-refractivity contribution in [3.8, 4) is 10.6 Å². The van der Waals surface area contributed by atoms with E-state index in [4.69, 9.17) is 0 Å². The van der Waals surface area contributed by atoms with Crippen LogP contribution in [0.25, 0.3) is 10.6 Å². The molecule has 0 atom stereocenters. The highest BCUT2D eigenvalue weighted by Gasteiger charge is 2.12. The fourth-order valence-corrected chi connectivity index (χ4v) is 3.42. The fourth-order valence-electron chi connectivity index (χ4n) is 1.88. The summed E-state index contributed by atoms with van der Waals surface area (Å²) < 4.78 is 1.76. The lowest BCUT2D eigenvalue weighted by Gasteiger charge is -2.01. The summed E-state index contributed by atoms with van der Waals surface area (Å²) in [7, 11) is 1.83. The van der Waals surface area contributed by atoms with E-state index in [1.54, 1.807) is 10.9 Å². The molecule has 0 aliphatic heterocycles. The maximum absolute atomic E-state index is 12.0. The first-order valence-corrected chi connectivity index (χ1v) is 8.60. The van der Waals surface area contributed by atoms with Crippen LogP contribution < -0.4 is 5.32 Å². The van der Waals surface area contributed by atoms with Crippen molar-refractivity contribution in [3.63, 3.8) is 0 Å². The summed E-state index contributed by atoms with van der Waals surface area (Å²) in [6.45, 7) is 2.02. The molecule has 0 spiro atoms. The second-order valence-electron chi connectivity index (χ2n) is 4.79. The molecule has 3 rings (SSSR count). The molecule has 7 nitrogen and oxygen atoms in total. The Kier molecular flexibility index (Phi) is 4.68. The number of aryl methyl sites for hydroxylation is 2. The summed E-state index contributed by atoms with van der Waals surface area (Å²) in [4.78, 5) is 12.0. The van der Waals surface area contributed by atoms with Crippen molar-refractivity contribution in [3.05, 3.63) is 36.2 Å². The van der Waals surface area contributed by atoms with E-state index >= 15 is 0 Å². The lowest BCUT2D eigenvalue weighted by Crippen LogP contribution is -2.14. The van der Waals surface area contributed by atoms with Crippen LogP contribution in [0.4, 0.5) is 5.13 Å². The van der Waals surface area contributed by atoms with E-state index in [2.05, 4.69) is 25.7 Å². The molecule has 118 valence electrons. The monoisotopic (exact) mass is 346 g/mol. The van der Waals surface area contributed by atoms with Gasteiger partial charge in [0.05, 0.1) is 5.75 Å². The standard InChI is InChI=1S/C14H14N6OS2/c1-9-5-3-4-6-10(9)12-17-18-13(23-12)16-11(21)7-22-14-19-15-8-20(14)2/h3-6,8H,7H2,1-2H3,(H,16,18,21). The second-order valence-corrected chi connectivity index (χ2v) is 6.71. The predicted octanol–water partition coefficient (Wildman–Crippen LogP) is 2.37. The van der Waals surface area contributed by atoms with Crippen molar-refractivity contribution in [2.45, 2.75) is 12.1 Å². The molecule has 0 radical (unpaired) electrons. The Morgan fingerprint density at radius 3 is 2.87 bits per heavy atom. The van der Waals surface area contributed by atoms with Crippen molar-refractivity contribution in [2.24, 2.45) is 7.05 Å². The SMILES string of the molecule is Cc1ccccc1-c1nnc(NC(=O)CSc2nncn2C)s1. The van der Waals surface area contributed by atoms with Crippen LogP contribution in [0.2, 0.25) is 0 Å². The quantitative estimate of drug-likeness (QED) is 0.714. The summed E-state index contributed by atoms with van der Waals surface area (Å²) in [6, 6.07) is 7.95. The summed E-state index contributed by atoms with van der Waals surface area (Å²) in [6.07, 6.45) is 1.60. The molecular weight excluding hydrogens is 332 g/mol. The van der Waals surface area contributed by atoms with Crippen molar-refractivity contribution in [2.75, 3.05) is 11.1 Å². The van der Waals surface area contributed by atoms with Gasteiger partial charge in [-0.25, -0.2) is 0 Å². The number of rotatable bonds is 5. The Bertz CT molecular complexity index is 828. The van der Waals surface area contributed by atoms with Crippen LogP contribution in [0.1, 0.15) is 5.56 Å². The number of anilines is 1. The number of aromatic nitrogens is 5. The maximum Gasteiger partial charge on any atom is 0.236 e. The normalized spacial score (nSPS) is 10.7. The molecule has 2 heterocycles. The molecule has 0 saturated heterocycles. The smallest absolute Gasteiger partial charge is 0.236 e. The Labute approximate surface area is 141 Å². The molecule has 0 saturated carbocycles. The fraction of sp³-hybridized carbons (Fsp3) is 0.214. The molecule has 1 aromatic carbocycles. The summed E-state index contributed by atoms with van der Waals surface area (Å²) in [5.74, 6) is 0.0942. The molecule has 2 aromatic heterocycles. The van der Waals surface area contributed by atoms with Gasteiger partial charge in [-0.15, -0.1) is 20.4 Å². The van der Waals surface area contributed by atoms with Crippen molar-refractivity contribution in [1.82, 2.24) is 25.0 Å². The molecule has 0 aliphatic rings. The van der Waals surface area contributed by atoms with Gasteiger partial charge in [0.1, 0.15) is 11.3 Å². The van der Waals surface area contributed by atoms with Crippen LogP contribution in [0.3, 0.4) is 0 Å². The molecule has 0 fully saturated rings. The highest BCUT2D eigenvalue weighted by atomic mass is 32.2. The van der Waals surface area contributed by atoms with Crippen LogP contribution in [0.15, 0.2) is 35.7 Å². The summed E-state index contributed by atoms with van der Waals surface area (Å²) >= 11 is 2.68. The molecule has 3 aromatic rings. The van der Waals surface area contributed by atoms with Crippen molar-refractivity contribution >= 4 is 34.1 Å². The Morgan fingerprint density at radius 2 is 2.13 bits per heavy atom. The zero-order valence-electron chi connectivity index (χ0n) is 12.6. The number of hydrogen-bond donors (Lipinski definition) is 1. The van der Waals surface area contributed by atoms with Crippen LogP contribution in [0.5, 0.6) is 0 Å². The van der Waals surface area contributed by atoms with E-state index in [9.17, 15) is 4.79 Å². The van der Waals surface area contributed by atoms with Gasteiger partial charge in [0, 0.05) is 12.6 Å². The minimum absolute atomic E-state index is 0.148. The van der Waals surface area contributed by atoms with E-state index in [0.29, 0.717) is 10.3 Å². The largest absolute Gasteiger partial charge is 0.312 e. The average Bonchev–Trinajstić information content (AvgIpc) is 3.15. The number of nitrogens with zero attached hydrogens (tertiary/aromatic N) is 5. The van der Waals surface area contributed by atoms with E-state index in [-0.39, 0.29) is 11.7 Å². The minimum Gasteiger partial charge on any atom is -0.312 e. The number of benzene rings is 1. The Hall–Kier alpha value is -2.26. The topological polar surface area (TPSA) is 85.6 Å². The van der Waals surface area contributed by atoms with Gasteiger partial charge in [-0.2, -0.15) is 0 Å². The van der Waals surface area contributed by atoms with Crippen molar-refractivity contribution < 1.29 is 4.79 Å². The molecule has 0 unspecified atom stereocenters. The first-order chi connectivity index (χ1) is 11.1. The van der Waals surface area contributed by atoms with Gasteiger partial charge in [-0.3, -0.25) is 10.1 Å². The number of nitrogens with one attached hydrogen (secondary N) is 1. The van der Waals surface area contributed by atoms with Crippen LogP contribution >= 0.6 is 23.1 Å². The second kappa shape index (κ2) is 6.88. The Balaban J connectivity index is 1.62. The lowest BCUT2D eigenvalue weighted by molar-refractivity contribution is -0.113. The van der Waals surface area contributed by atoms with E-state index in [0.717, 1.165) is 16.1 Å². The Morgan fingerprint density at radius 1 is 1.30 bits per heavy atom. The third-order valence-electron chi connectivity index (χ3n) is 3.05. The highest BCUT2D eigenvalue weighted by Crippen LogP contribution is 2.28. The van der Waals surface area contributed by atoms with E-state index in [1.807, 2.05) is 38.2 Å². The molecule has 1 N–H and O–H groups in total. The third-order valence-corrected chi connectivity index (χ3v) is 4.96. The van der Waals surface area contributed by atoms with Gasteiger partial charge >= 0.3 is 0 Å². The van der Waals surface area contributed by atoms with Gasteiger partial charge in [0.2, 0.25) is 11.0 Å². The van der Waals surface area contributed by atoms with Gasteiger partial charge in [-0.05, 0) is 12.5 Å². The first-order valence-electron chi connectivity index (χ1n) is 6.79. The number of amides is 1. The molecule has 9 heteroatoms. The van der Waals surface area contributed by atoms with Crippen LogP contribution in [-0.4, -0.2) is 36.6 Å². The molecule has 0 bridgehead atoms. The zero-order chi connectivity index (χ0) is 16.2. The molecule has 23 heavy (non-hydrogen) atoms. The van der Waals surface area contributed by atoms with Crippen molar-refractivity contribution in [1.29, 1.82) is 0 Å². The lowest BCUT2D eigenvalue weighted by atomic mass is 10.1. The van der Waals surface area contributed by atoms with Crippen LogP contribution in [-0.2, 0) is 11.8 Å². The first kappa shape index (κ1) is 15.6. The molecule has 0 aliphatic carbocycles. The molecular formula is C14H14N6OS2. The van der Waals surface area contributed by atoms with Gasteiger partial charge < -0.3 is 4.57 Å². The number of carbonyl (C=O) groups is 1. The number of hydrogen-bond acceptors (Lipinski definition) is 7. The summed E-state index contributed by atoms with van der Waals surface area (Å²) in [5, 5.41) is 20.6. The zero-order valence-corrected chi connectivity index (χ0v) is 14.2. The number of thioether (sulfide) groups is 1. The van der Waals surface area contributed by atoms with Gasteiger partial charge in [-0.1, -0.05) is 47.4 Å². The van der Waals surface area contributed by atoms with E-state index < -0.39 is 0 Å². The minimum atomic E-state index is -0.148. The third kappa shape index (κ3) is 3.74. The van der Waals surface area contributed by atoms with Gasteiger partial charge in [0.15, 0.2) is 5.16 Å². The highest BCUT2D eigenvalue weighted by molar-refractivity contribution is 7.99. The van der Waals surface area contributed by atoms with E-state index in [1.165, 1.54) is 23.1 Å². The van der Waals surface area contributed by atoms with Gasteiger partial charge in [0.25, 0.3) is 0 Å². The average molecular weight is 346 g/mol. The maximum atomic E-state index is 12.0. The summed E-state index contributed by atoms with van der Waals surface area (Å²) in [5.41, 5.74) is 2.15.